The number of hydrogen-bond donors (Lipinski definition) is 1. The lowest BCUT2D eigenvalue weighted by Gasteiger charge is -2.18. The first-order valence-electron chi connectivity index (χ1n) is 20.9. The fourth-order valence-corrected chi connectivity index (χ4v) is 5.77. The molecule has 296 valence electrons. The summed E-state index contributed by atoms with van der Waals surface area (Å²) in [6.45, 7) is 4.01. The lowest BCUT2D eigenvalue weighted by atomic mass is 10.1. The molecule has 0 aromatic heterocycles. The normalized spacial score (nSPS) is 12.0. The van der Waals surface area contributed by atoms with E-state index >= 15 is 0 Å². The first-order chi connectivity index (χ1) is 24.9. The molecule has 0 aromatic rings. The second-order valence-corrected chi connectivity index (χ2v) is 14.0. The van der Waals surface area contributed by atoms with Gasteiger partial charge in [0, 0.05) is 12.8 Å². The van der Waals surface area contributed by atoms with Crippen molar-refractivity contribution in [2.75, 3.05) is 13.2 Å². The number of hydrogen-bond acceptors (Lipinski definition) is 7. The van der Waals surface area contributed by atoms with Crippen LogP contribution in [0, 0.1) is 0 Å². The van der Waals surface area contributed by atoms with Crippen molar-refractivity contribution in [1.29, 1.82) is 0 Å². The molecular weight excluding hydrogens is 644 g/mol. The standard InChI is InChI=1S/C43H76O8/c1-3-5-7-9-11-13-15-17-19-21-23-25-27-29-31-33-41(46)49-37-39(38-50-42(47)36-35-40(44)45)51-43(48)34-32-30-28-26-24-22-20-18-16-14-12-10-8-6-4-2/h17-20,39H,3-16,21-38H2,1-2H3,(H,44,45). The van der Waals surface area contributed by atoms with Crippen LogP contribution in [0.25, 0.3) is 0 Å². The van der Waals surface area contributed by atoms with Gasteiger partial charge in [0.05, 0.1) is 12.8 Å². The number of aliphatic carboxylic acids is 1. The lowest BCUT2D eigenvalue weighted by molar-refractivity contribution is -0.167. The SMILES string of the molecule is CCCCCCCCC=CCCCCCCCC(=O)OCC(COC(=O)CCC(=O)O)OC(=O)CCCCCCCC=CCCCCCCCC. The van der Waals surface area contributed by atoms with Crippen molar-refractivity contribution in [2.24, 2.45) is 0 Å². The number of carbonyl (C=O) groups is 4. The Kier molecular flexibility index (Phi) is 36.6. The molecule has 0 spiro atoms. The first-order valence-corrected chi connectivity index (χ1v) is 20.9. The smallest absolute Gasteiger partial charge is 0.306 e. The zero-order valence-corrected chi connectivity index (χ0v) is 32.8. The van der Waals surface area contributed by atoms with Crippen LogP contribution < -0.4 is 0 Å². The van der Waals surface area contributed by atoms with Gasteiger partial charge in [0.1, 0.15) is 13.2 Å². The van der Waals surface area contributed by atoms with Gasteiger partial charge in [-0.1, -0.05) is 141 Å². The molecule has 0 saturated carbocycles. The Bertz CT molecular complexity index is 896. The molecule has 0 heterocycles. The van der Waals surface area contributed by atoms with Gasteiger partial charge in [-0.05, 0) is 64.2 Å². The molecule has 0 aliphatic heterocycles. The molecule has 0 fully saturated rings. The zero-order valence-electron chi connectivity index (χ0n) is 32.8. The van der Waals surface area contributed by atoms with E-state index < -0.39 is 24.0 Å². The predicted octanol–water partition coefficient (Wildman–Crippen LogP) is 11.9. The Balaban J connectivity index is 4.16. The average Bonchev–Trinajstić information content (AvgIpc) is 3.11. The number of ether oxygens (including phenoxy) is 3. The minimum absolute atomic E-state index is 0.200. The van der Waals surface area contributed by atoms with Crippen molar-refractivity contribution in [3.63, 3.8) is 0 Å². The molecule has 51 heavy (non-hydrogen) atoms. The fourth-order valence-electron chi connectivity index (χ4n) is 5.77. The third-order valence-electron chi connectivity index (χ3n) is 8.99. The Morgan fingerprint density at radius 1 is 0.431 bits per heavy atom. The topological polar surface area (TPSA) is 116 Å². The molecule has 0 rings (SSSR count). The highest BCUT2D eigenvalue weighted by Crippen LogP contribution is 2.13. The van der Waals surface area contributed by atoms with E-state index in [9.17, 15) is 19.2 Å². The highest BCUT2D eigenvalue weighted by molar-refractivity contribution is 5.76. The van der Waals surface area contributed by atoms with Crippen LogP contribution in [-0.4, -0.2) is 48.3 Å². The maximum atomic E-state index is 12.5. The van der Waals surface area contributed by atoms with E-state index in [1.807, 2.05) is 0 Å². The summed E-state index contributed by atoms with van der Waals surface area (Å²) in [7, 11) is 0. The Labute approximate surface area is 311 Å². The number of carbonyl (C=O) groups excluding carboxylic acids is 3. The summed E-state index contributed by atoms with van der Waals surface area (Å²) in [6.07, 6.45) is 38.7. The van der Waals surface area contributed by atoms with Crippen molar-refractivity contribution >= 4 is 23.9 Å². The fraction of sp³-hybridized carbons (Fsp3) is 0.814. The van der Waals surface area contributed by atoms with Crippen LogP contribution in [0.3, 0.4) is 0 Å². The highest BCUT2D eigenvalue weighted by Gasteiger charge is 2.20. The minimum atomic E-state index is -1.10. The molecule has 8 heteroatoms. The quantitative estimate of drug-likeness (QED) is 0.0290. The average molecular weight is 721 g/mol. The molecule has 0 aromatic carbocycles. The second-order valence-electron chi connectivity index (χ2n) is 14.0. The van der Waals surface area contributed by atoms with Gasteiger partial charge >= 0.3 is 23.9 Å². The monoisotopic (exact) mass is 721 g/mol. The van der Waals surface area contributed by atoms with Gasteiger partial charge in [0.2, 0.25) is 0 Å². The minimum Gasteiger partial charge on any atom is -0.481 e. The summed E-state index contributed by atoms with van der Waals surface area (Å²) in [5.41, 5.74) is 0. The lowest BCUT2D eigenvalue weighted by Crippen LogP contribution is -2.31. The van der Waals surface area contributed by atoms with E-state index in [0.29, 0.717) is 6.42 Å². The number of rotatable bonds is 38. The number of allylic oxidation sites excluding steroid dienone is 4. The molecule has 0 aliphatic carbocycles. The van der Waals surface area contributed by atoms with Gasteiger partial charge in [-0.15, -0.1) is 0 Å². The van der Waals surface area contributed by atoms with Gasteiger partial charge in [0.15, 0.2) is 6.10 Å². The Morgan fingerprint density at radius 2 is 0.765 bits per heavy atom. The first kappa shape index (κ1) is 48.4. The summed E-state index contributed by atoms with van der Waals surface area (Å²) < 4.78 is 16.0. The van der Waals surface area contributed by atoms with Gasteiger partial charge in [-0.25, -0.2) is 0 Å². The van der Waals surface area contributed by atoms with E-state index in [2.05, 4.69) is 38.2 Å². The van der Waals surface area contributed by atoms with Gasteiger partial charge in [0.25, 0.3) is 0 Å². The van der Waals surface area contributed by atoms with Gasteiger partial charge in [-0.2, -0.15) is 0 Å². The maximum absolute atomic E-state index is 12.5. The summed E-state index contributed by atoms with van der Waals surface area (Å²) in [5, 5.41) is 8.80. The van der Waals surface area contributed by atoms with Crippen LogP contribution >= 0.6 is 0 Å². The predicted molar refractivity (Wildman–Crippen MR) is 208 cm³/mol. The van der Waals surface area contributed by atoms with Crippen molar-refractivity contribution in [3.8, 4) is 0 Å². The van der Waals surface area contributed by atoms with Crippen molar-refractivity contribution in [1.82, 2.24) is 0 Å². The molecule has 1 atom stereocenters. The zero-order chi connectivity index (χ0) is 37.5. The second kappa shape index (κ2) is 38.6. The Morgan fingerprint density at radius 3 is 1.16 bits per heavy atom. The van der Waals surface area contributed by atoms with E-state index in [1.54, 1.807) is 0 Å². The molecule has 0 saturated heterocycles. The molecule has 0 amide bonds. The molecular formula is C43H76O8. The maximum Gasteiger partial charge on any atom is 0.306 e. The van der Waals surface area contributed by atoms with Gasteiger partial charge in [-0.3, -0.25) is 19.2 Å². The summed E-state index contributed by atoms with van der Waals surface area (Å²) >= 11 is 0. The number of unbranched alkanes of at least 4 members (excludes halogenated alkanes) is 22. The van der Waals surface area contributed by atoms with Crippen LogP contribution in [0.1, 0.15) is 206 Å². The Hall–Kier alpha value is -2.64. The largest absolute Gasteiger partial charge is 0.481 e. The van der Waals surface area contributed by atoms with E-state index in [0.717, 1.165) is 70.6 Å². The molecule has 1 unspecified atom stereocenters. The highest BCUT2D eigenvalue weighted by atomic mass is 16.6. The van der Waals surface area contributed by atoms with Crippen LogP contribution in [0.15, 0.2) is 24.3 Å². The number of esters is 3. The van der Waals surface area contributed by atoms with Crippen LogP contribution in [0.4, 0.5) is 0 Å². The number of carboxylic acids is 1. The molecule has 0 bridgehead atoms. The van der Waals surface area contributed by atoms with E-state index in [4.69, 9.17) is 19.3 Å². The van der Waals surface area contributed by atoms with Crippen LogP contribution in [0.5, 0.6) is 0 Å². The molecule has 1 N–H and O–H groups in total. The van der Waals surface area contributed by atoms with Crippen LogP contribution in [-0.2, 0) is 33.4 Å². The van der Waals surface area contributed by atoms with E-state index in [1.165, 1.54) is 89.9 Å². The summed E-state index contributed by atoms with van der Waals surface area (Å²) in [4.78, 5) is 47.6. The summed E-state index contributed by atoms with van der Waals surface area (Å²) in [5.74, 6) is -2.59. The van der Waals surface area contributed by atoms with Crippen molar-refractivity contribution in [2.45, 2.75) is 213 Å². The van der Waals surface area contributed by atoms with E-state index in [-0.39, 0.29) is 44.9 Å². The van der Waals surface area contributed by atoms with Crippen LogP contribution in [0.2, 0.25) is 0 Å². The molecule has 0 radical (unpaired) electrons. The number of carboxylic acid groups (broad SMARTS) is 1. The summed E-state index contributed by atoms with van der Waals surface area (Å²) in [6, 6.07) is 0. The third kappa shape index (κ3) is 38.4. The van der Waals surface area contributed by atoms with Gasteiger partial charge < -0.3 is 19.3 Å². The molecule has 8 nitrogen and oxygen atoms in total. The molecule has 0 aliphatic rings. The third-order valence-corrected chi connectivity index (χ3v) is 8.99. The van der Waals surface area contributed by atoms with Crippen molar-refractivity contribution in [3.05, 3.63) is 24.3 Å². The van der Waals surface area contributed by atoms with Crippen molar-refractivity contribution < 1.29 is 38.5 Å².